The third kappa shape index (κ3) is 4.06. The molecule has 174 valence electrons. The van der Waals surface area contributed by atoms with Crippen LogP contribution < -0.4 is 5.32 Å². The maximum Gasteiger partial charge on any atom is 0.407 e. The molecular weight excluding hydrogens is 424 g/mol. The number of rotatable bonds is 8. The topological polar surface area (TPSA) is 105 Å². The third-order valence-corrected chi connectivity index (χ3v) is 6.82. The molecule has 2 aromatic carbocycles. The van der Waals surface area contributed by atoms with Crippen molar-refractivity contribution in [2.45, 2.75) is 43.4 Å². The Bertz CT molecular complexity index is 1030. The summed E-state index contributed by atoms with van der Waals surface area (Å²) in [5.74, 6) is -1.69. The van der Waals surface area contributed by atoms with E-state index in [4.69, 9.17) is 9.47 Å². The molecular formula is C25H28N2O6. The maximum atomic E-state index is 13.1. The number of carboxylic acid groups (broad SMARTS) is 1. The number of nitrogens with zero attached hydrogens (tertiary/aromatic N) is 1. The first-order chi connectivity index (χ1) is 15.8. The molecule has 8 nitrogen and oxygen atoms in total. The van der Waals surface area contributed by atoms with Gasteiger partial charge in [0.1, 0.15) is 18.2 Å². The molecule has 2 unspecified atom stereocenters. The number of carboxylic acids is 1. The largest absolute Gasteiger partial charge is 0.479 e. The standard InChI is InChI=1S/C25H28N2O6/c1-15(32-3)21(22(28)27(2)25(12-13-25)23(29)30)26-24(31)33-14-20-18-10-6-4-8-16(18)17-9-5-7-11-19(17)20/h4-11,15,20-21H,12-14H2,1-3H3,(H,26,31)(H,29,30). The molecule has 33 heavy (non-hydrogen) atoms. The van der Waals surface area contributed by atoms with Gasteiger partial charge in [0.2, 0.25) is 5.91 Å². The quantitative estimate of drug-likeness (QED) is 0.638. The van der Waals surface area contributed by atoms with Crippen LogP contribution in [0.1, 0.15) is 36.8 Å². The molecule has 1 saturated carbocycles. The zero-order chi connectivity index (χ0) is 23.8. The van der Waals surface area contributed by atoms with Crippen molar-refractivity contribution in [2.75, 3.05) is 20.8 Å². The Morgan fingerprint density at radius 3 is 2.12 bits per heavy atom. The van der Waals surface area contributed by atoms with Crippen LogP contribution in [0.15, 0.2) is 48.5 Å². The Morgan fingerprint density at radius 2 is 1.64 bits per heavy atom. The van der Waals surface area contributed by atoms with Gasteiger partial charge < -0.3 is 24.8 Å². The number of methoxy groups -OCH3 is 1. The monoisotopic (exact) mass is 452 g/mol. The molecule has 2 amide bonds. The minimum absolute atomic E-state index is 0.108. The van der Waals surface area contributed by atoms with Crippen LogP contribution in [-0.4, -0.2) is 66.4 Å². The minimum Gasteiger partial charge on any atom is -0.479 e. The predicted molar refractivity (Wildman–Crippen MR) is 121 cm³/mol. The predicted octanol–water partition coefficient (Wildman–Crippen LogP) is 3.00. The van der Waals surface area contributed by atoms with E-state index in [0.717, 1.165) is 22.3 Å². The van der Waals surface area contributed by atoms with Crippen LogP contribution in [0.25, 0.3) is 11.1 Å². The second-order valence-electron chi connectivity index (χ2n) is 8.62. The molecule has 4 rings (SSSR count). The Morgan fingerprint density at radius 1 is 1.09 bits per heavy atom. The third-order valence-electron chi connectivity index (χ3n) is 6.82. The molecule has 0 saturated heterocycles. The number of ether oxygens (including phenoxy) is 2. The summed E-state index contributed by atoms with van der Waals surface area (Å²) in [4.78, 5) is 38.6. The van der Waals surface area contributed by atoms with Crippen LogP contribution in [0.4, 0.5) is 4.79 Å². The van der Waals surface area contributed by atoms with Crippen molar-refractivity contribution in [1.82, 2.24) is 10.2 Å². The lowest BCUT2D eigenvalue weighted by atomic mass is 9.98. The second kappa shape index (κ2) is 8.86. The number of nitrogens with one attached hydrogen (secondary N) is 1. The number of carbonyl (C=O) groups excluding carboxylic acids is 2. The molecule has 0 spiro atoms. The molecule has 0 aliphatic heterocycles. The average molecular weight is 453 g/mol. The van der Waals surface area contributed by atoms with E-state index < -0.39 is 35.7 Å². The van der Waals surface area contributed by atoms with Crippen molar-refractivity contribution >= 4 is 18.0 Å². The van der Waals surface area contributed by atoms with E-state index in [1.165, 1.54) is 19.1 Å². The number of hydrogen-bond acceptors (Lipinski definition) is 5. The minimum atomic E-state index is -1.22. The highest BCUT2D eigenvalue weighted by molar-refractivity contribution is 5.93. The fraction of sp³-hybridized carbons (Fsp3) is 0.400. The van der Waals surface area contributed by atoms with Gasteiger partial charge in [-0.1, -0.05) is 48.5 Å². The first-order valence-corrected chi connectivity index (χ1v) is 11.0. The summed E-state index contributed by atoms with van der Waals surface area (Å²) in [7, 11) is 2.87. The summed E-state index contributed by atoms with van der Waals surface area (Å²) >= 11 is 0. The molecule has 8 heteroatoms. The van der Waals surface area contributed by atoms with Gasteiger partial charge in [-0.3, -0.25) is 4.79 Å². The maximum absolute atomic E-state index is 13.1. The van der Waals surface area contributed by atoms with Crippen molar-refractivity contribution in [1.29, 1.82) is 0 Å². The van der Waals surface area contributed by atoms with E-state index in [9.17, 15) is 19.5 Å². The van der Waals surface area contributed by atoms with Crippen LogP contribution >= 0.6 is 0 Å². The molecule has 0 heterocycles. The Balaban J connectivity index is 1.46. The molecule has 2 aliphatic carbocycles. The Hall–Kier alpha value is -3.39. The normalized spacial score (nSPS) is 17.3. The van der Waals surface area contributed by atoms with Crippen molar-refractivity contribution < 1.29 is 29.0 Å². The van der Waals surface area contributed by atoms with Crippen molar-refractivity contribution in [3.63, 3.8) is 0 Å². The molecule has 0 bridgehead atoms. The number of hydrogen-bond donors (Lipinski definition) is 2. The van der Waals surface area contributed by atoms with Crippen LogP contribution in [0.2, 0.25) is 0 Å². The van der Waals surface area contributed by atoms with Crippen LogP contribution in [0.3, 0.4) is 0 Å². The number of alkyl carbamates (subject to hydrolysis) is 1. The molecule has 0 aromatic heterocycles. The van der Waals surface area contributed by atoms with Gasteiger partial charge in [-0.25, -0.2) is 9.59 Å². The van der Waals surface area contributed by atoms with Gasteiger partial charge in [0.05, 0.1) is 6.10 Å². The van der Waals surface area contributed by atoms with E-state index in [-0.39, 0.29) is 12.5 Å². The number of fused-ring (bicyclic) bond motifs is 3. The Labute approximate surface area is 192 Å². The summed E-state index contributed by atoms with van der Waals surface area (Å²) in [5, 5.41) is 12.1. The van der Waals surface area contributed by atoms with Crippen molar-refractivity contribution in [3.8, 4) is 11.1 Å². The van der Waals surface area contributed by atoms with Gasteiger partial charge >= 0.3 is 12.1 Å². The summed E-state index contributed by atoms with van der Waals surface area (Å²) in [6.45, 7) is 1.75. The second-order valence-corrected chi connectivity index (χ2v) is 8.62. The Kier molecular flexibility index (Phi) is 6.12. The van der Waals surface area contributed by atoms with Crippen LogP contribution in [0, 0.1) is 0 Å². The molecule has 0 radical (unpaired) electrons. The zero-order valence-electron chi connectivity index (χ0n) is 18.9. The first kappa shape index (κ1) is 22.8. The van der Waals surface area contributed by atoms with Crippen LogP contribution in [0.5, 0.6) is 0 Å². The summed E-state index contributed by atoms with van der Waals surface area (Å²) < 4.78 is 10.8. The lowest BCUT2D eigenvalue weighted by Gasteiger charge is -2.31. The lowest BCUT2D eigenvalue weighted by Crippen LogP contribution is -2.57. The van der Waals surface area contributed by atoms with Gasteiger partial charge in [-0.05, 0) is 42.0 Å². The van der Waals surface area contributed by atoms with Crippen molar-refractivity contribution in [2.24, 2.45) is 0 Å². The lowest BCUT2D eigenvalue weighted by molar-refractivity contribution is -0.153. The van der Waals surface area contributed by atoms with Crippen molar-refractivity contribution in [3.05, 3.63) is 59.7 Å². The fourth-order valence-corrected chi connectivity index (χ4v) is 4.51. The highest BCUT2D eigenvalue weighted by Crippen LogP contribution is 2.44. The number of carbonyl (C=O) groups is 3. The smallest absolute Gasteiger partial charge is 0.407 e. The van der Waals surface area contributed by atoms with Gasteiger partial charge in [0.15, 0.2) is 0 Å². The number of aliphatic carboxylic acids is 1. The van der Waals surface area contributed by atoms with Crippen LogP contribution in [-0.2, 0) is 19.1 Å². The number of benzene rings is 2. The first-order valence-electron chi connectivity index (χ1n) is 11.0. The molecule has 2 atom stereocenters. The van der Waals surface area contributed by atoms with Gasteiger partial charge in [-0.2, -0.15) is 0 Å². The zero-order valence-corrected chi connectivity index (χ0v) is 18.9. The summed E-state index contributed by atoms with van der Waals surface area (Å²) in [6, 6.07) is 14.9. The molecule has 1 fully saturated rings. The van der Waals surface area contributed by atoms with E-state index in [1.807, 2.05) is 36.4 Å². The molecule has 2 N–H and O–H groups in total. The SMILES string of the molecule is COC(C)C(NC(=O)OCC1c2ccccc2-c2ccccc21)C(=O)N(C)C1(C(=O)O)CC1. The highest BCUT2D eigenvalue weighted by Gasteiger charge is 2.56. The summed E-state index contributed by atoms with van der Waals surface area (Å²) in [5.41, 5.74) is 3.19. The average Bonchev–Trinajstić information content (AvgIpc) is 3.58. The van der Waals surface area contributed by atoms with Gasteiger partial charge in [0.25, 0.3) is 0 Å². The number of likely N-dealkylation sites (N-methyl/N-ethyl adjacent to an activating group) is 1. The highest BCUT2D eigenvalue weighted by atomic mass is 16.5. The van der Waals surface area contributed by atoms with E-state index in [2.05, 4.69) is 17.4 Å². The molecule has 2 aliphatic rings. The van der Waals surface area contributed by atoms with E-state index >= 15 is 0 Å². The summed E-state index contributed by atoms with van der Waals surface area (Å²) in [6.07, 6.45) is -0.676. The molecule has 2 aromatic rings. The van der Waals surface area contributed by atoms with Gasteiger partial charge in [0, 0.05) is 20.1 Å². The number of amides is 2. The van der Waals surface area contributed by atoms with E-state index in [0.29, 0.717) is 12.8 Å². The van der Waals surface area contributed by atoms with E-state index in [1.54, 1.807) is 6.92 Å². The van der Waals surface area contributed by atoms with Gasteiger partial charge in [-0.15, -0.1) is 0 Å². The fourth-order valence-electron chi connectivity index (χ4n) is 4.51.